The van der Waals surface area contributed by atoms with E-state index in [4.69, 9.17) is 4.52 Å². The van der Waals surface area contributed by atoms with Crippen LogP contribution in [0.1, 0.15) is 17.3 Å². The Bertz CT molecular complexity index is 704. The molecule has 0 aliphatic carbocycles. The fraction of sp³-hybridized carbons (Fsp3) is 0.308. The number of nitrogens with one attached hydrogen (secondary N) is 1. The quantitative estimate of drug-likeness (QED) is 0.792. The number of aryl methyl sites for hydroxylation is 2. The predicted octanol–water partition coefficient (Wildman–Crippen LogP) is 2.95. The summed E-state index contributed by atoms with van der Waals surface area (Å²) >= 11 is 1.66. The second-order valence-electron chi connectivity index (χ2n) is 4.35. The summed E-state index contributed by atoms with van der Waals surface area (Å²) < 4.78 is 6.27. The summed E-state index contributed by atoms with van der Waals surface area (Å²) in [6.45, 7) is 4.63. The summed E-state index contributed by atoms with van der Waals surface area (Å²) in [5, 5.41) is 7.99. The highest BCUT2D eigenvalue weighted by molar-refractivity contribution is 7.22. The number of anilines is 1. The van der Waals surface area contributed by atoms with E-state index in [1.165, 1.54) is 10.3 Å². The average molecular weight is 274 g/mol. The van der Waals surface area contributed by atoms with Crippen LogP contribution in [0.2, 0.25) is 0 Å². The molecule has 0 amide bonds. The Morgan fingerprint density at radius 3 is 2.89 bits per heavy atom. The van der Waals surface area contributed by atoms with Gasteiger partial charge in [-0.05, 0) is 25.5 Å². The summed E-state index contributed by atoms with van der Waals surface area (Å²) in [5.41, 5.74) is 2.28. The van der Waals surface area contributed by atoms with Crippen LogP contribution in [0, 0.1) is 13.8 Å². The predicted molar refractivity (Wildman–Crippen MR) is 75.6 cm³/mol. The first-order valence-electron chi connectivity index (χ1n) is 6.11. The van der Waals surface area contributed by atoms with Crippen molar-refractivity contribution in [3.8, 4) is 0 Å². The van der Waals surface area contributed by atoms with Crippen LogP contribution in [0.25, 0.3) is 10.2 Å². The van der Waals surface area contributed by atoms with Crippen LogP contribution in [0.3, 0.4) is 0 Å². The Morgan fingerprint density at radius 1 is 1.26 bits per heavy atom. The van der Waals surface area contributed by atoms with Gasteiger partial charge in [-0.25, -0.2) is 4.98 Å². The molecule has 0 aliphatic heterocycles. The SMILES string of the molecule is Cc1noc(CCNc2nc3c(C)cccc3s2)n1. The number of para-hydroxylation sites is 1. The van der Waals surface area contributed by atoms with Gasteiger partial charge in [0.15, 0.2) is 11.0 Å². The van der Waals surface area contributed by atoms with Crippen molar-refractivity contribution >= 4 is 26.7 Å². The molecule has 3 rings (SSSR count). The number of hydrogen-bond acceptors (Lipinski definition) is 6. The summed E-state index contributed by atoms with van der Waals surface area (Å²) in [6, 6.07) is 6.22. The van der Waals surface area contributed by atoms with Crippen LogP contribution in [0.15, 0.2) is 22.7 Å². The molecular formula is C13H14N4OS. The zero-order chi connectivity index (χ0) is 13.2. The van der Waals surface area contributed by atoms with Crippen molar-refractivity contribution in [3.63, 3.8) is 0 Å². The van der Waals surface area contributed by atoms with E-state index in [-0.39, 0.29) is 0 Å². The van der Waals surface area contributed by atoms with E-state index in [0.29, 0.717) is 18.1 Å². The average Bonchev–Trinajstić information content (AvgIpc) is 2.97. The first-order chi connectivity index (χ1) is 9.22. The lowest BCUT2D eigenvalue weighted by atomic mass is 10.2. The van der Waals surface area contributed by atoms with E-state index >= 15 is 0 Å². The molecule has 0 bridgehead atoms. The smallest absolute Gasteiger partial charge is 0.228 e. The molecule has 0 aliphatic rings. The number of rotatable bonds is 4. The molecule has 2 heterocycles. The Morgan fingerprint density at radius 2 is 2.16 bits per heavy atom. The third-order valence-electron chi connectivity index (χ3n) is 2.81. The maximum absolute atomic E-state index is 5.06. The van der Waals surface area contributed by atoms with Gasteiger partial charge in [-0.1, -0.05) is 28.6 Å². The van der Waals surface area contributed by atoms with E-state index in [1.54, 1.807) is 11.3 Å². The second-order valence-corrected chi connectivity index (χ2v) is 5.38. The molecule has 0 spiro atoms. The van der Waals surface area contributed by atoms with Gasteiger partial charge in [0.25, 0.3) is 0 Å². The zero-order valence-corrected chi connectivity index (χ0v) is 11.6. The number of thiazole rings is 1. The lowest BCUT2D eigenvalue weighted by molar-refractivity contribution is 0.377. The van der Waals surface area contributed by atoms with Crippen molar-refractivity contribution in [2.24, 2.45) is 0 Å². The summed E-state index contributed by atoms with van der Waals surface area (Å²) in [4.78, 5) is 8.75. The van der Waals surface area contributed by atoms with E-state index in [0.717, 1.165) is 17.2 Å². The maximum Gasteiger partial charge on any atom is 0.228 e. The standard InChI is InChI=1S/C13H14N4OS/c1-8-4-3-5-10-12(8)16-13(19-10)14-7-6-11-15-9(2)17-18-11/h3-5H,6-7H2,1-2H3,(H,14,16). The van der Waals surface area contributed by atoms with E-state index in [9.17, 15) is 0 Å². The highest BCUT2D eigenvalue weighted by atomic mass is 32.1. The molecule has 1 aromatic carbocycles. The Hall–Kier alpha value is -1.95. The topological polar surface area (TPSA) is 63.8 Å². The van der Waals surface area contributed by atoms with Crippen LogP contribution in [-0.2, 0) is 6.42 Å². The van der Waals surface area contributed by atoms with Crippen LogP contribution in [0.4, 0.5) is 5.13 Å². The third-order valence-corrected chi connectivity index (χ3v) is 3.78. The van der Waals surface area contributed by atoms with Gasteiger partial charge in [-0.15, -0.1) is 0 Å². The van der Waals surface area contributed by atoms with Gasteiger partial charge in [0.1, 0.15) is 0 Å². The molecule has 6 heteroatoms. The van der Waals surface area contributed by atoms with Crippen LogP contribution >= 0.6 is 11.3 Å². The highest BCUT2D eigenvalue weighted by Crippen LogP contribution is 2.27. The minimum Gasteiger partial charge on any atom is -0.361 e. The fourth-order valence-electron chi connectivity index (χ4n) is 1.88. The Balaban J connectivity index is 1.67. The monoisotopic (exact) mass is 274 g/mol. The number of aromatic nitrogens is 3. The third kappa shape index (κ3) is 2.58. The summed E-state index contributed by atoms with van der Waals surface area (Å²) in [6.07, 6.45) is 0.704. The van der Waals surface area contributed by atoms with E-state index < -0.39 is 0 Å². The fourth-order valence-corrected chi connectivity index (χ4v) is 2.85. The number of hydrogen-bond donors (Lipinski definition) is 1. The van der Waals surface area contributed by atoms with Crippen molar-refractivity contribution in [1.29, 1.82) is 0 Å². The molecule has 1 N–H and O–H groups in total. The lowest BCUT2D eigenvalue weighted by Crippen LogP contribution is -2.04. The van der Waals surface area contributed by atoms with Crippen LogP contribution in [-0.4, -0.2) is 21.7 Å². The highest BCUT2D eigenvalue weighted by Gasteiger charge is 2.06. The molecule has 0 atom stereocenters. The molecule has 0 saturated carbocycles. The minimum absolute atomic E-state index is 0.655. The van der Waals surface area contributed by atoms with Crippen molar-refractivity contribution in [2.75, 3.05) is 11.9 Å². The second kappa shape index (κ2) is 4.97. The number of benzene rings is 1. The molecule has 0 unspecified atom stereocenters. The molecule has 19 heavy (non-hydrogen) atoms. The zero-order valence-electron chi connectivity index (χ0n) is 10.8. The largest absolute Gasteiger partial charge is 0.361 e. The molecular weight excluding hydrogens is 260 g/mol. The van der Waals surface area contributed by atoms with Gasteiger partial charge >= 0.3 is 0 Å². The molecule has 2 aromatic heterocycles. The van der Waals surface area contributed by atoms with Gasteiger partial charge in [0.05, 0.1) is 10.2 Å². The van der Waals surface area contributed by atoms with Gasteiger partial charge in [0, 0.05) is 13.0 Å². The van der Waals surface area contributed by atoms with E-state index in [1.807, 2.05) is 6.92 Å². The minimum atomic E-state index is 0.655. The van der Waals surface area contributed by atoms with Crippen LogP contribution in [0.5, 0.6) is 0 Å². The first-order valence-corrected chi connectivity index (χ1v) is 6.93. The first kappa shape index (κ1) is 12.1. The van der Waals surface area contributed by atoms with Crippen molar-refractivity contribution in [3.05, 3.63) is 35.5 Å². The summed E-state index contributed by atoms with van der Waals surface area (Å²) in [7, 11) is 0. The Labute approximate surface area is 114 Å². The van der Waals surface area contributed by atoms with Crippen LogP contribution < -0.4 is 5.32 Å². The number of nitrogens with zero attached hydrogens (tertiary/aromatic N) is 3. The normalized spacial score (nSPS) is 11.1. The molecule has 98 valence electrons. The maximum atomic E-state index is 5.06. The molecule has 3 aromatic rings. The van der Waals surface area contributed by atoms with Gasteiger partial charge in [0.2, 0.25) is 5.89 Å². The molecule has 5 nitrogen and oxygen atoms in total. The molecule has 0 saturated heterocycles. The summed E-state index contributed by atoms with van der Waals surface area (Å²) in [5.74, 6) is 1.33. The van der Waals surface area contributed by atoms with Gasteiger partial charge < -0.3 is 9.84 Å². The lowest BCUT2D eigenvalue weighted by Gasteiger charge is -1.98. The van der Waals surface area contributed by atoms with Crippen molar-refractivity contribution in [1.82, 2.24) is 15.1 Å². The molecule has 0 fully saturated rings. The van der Waals surface area contributed by atoms with Crippen molar-refractivity contribution < 1.29 is 4.52 Å². The van der Waals surface area contributed by atoms with Gasteiger partial charge in [-0.3, -0.25) is 0 Å². The van der Waals surface area contributed by atoms with E-state index in [2.05, 4.69) is 45.6 Å². The molecule has 0 radical (unpaired) electrons. The van der Waals surface area contributed by atoms with Gasteiger partial charge in [-0.2, -0.15) is 4.98 Å². The number of fused-ring (bicyclic) bond motifs is 1. The van der Waals surface area contributed by atoms with Crippen molar-refractivity contribution in [2.45, 2.75) is 20.3 Å². The Kier molecular flexibility index (Phi) is 3.16.